The summed E-state index contributed by atoms with van der Waals surface area (Å²) in [5, 5.41) is 0. The second-order valence-corrected chi connectivity index (χ2v) is 6.08. The zero-order chi connectivity index (χ0) is 19.3. The van der Waals surface area contributed by atoms with Gasteiger partial charge in [0.05, 0.1) is 0 Å². The summed E-state index contributed by atoms with van der Waals surface area (Å²) in [6.45, 7) is 5.55. The van der Waals surface area contributed by atoms with Crippen LogP contribution in [0.25, 0.3) is 0 Å². The minimum Gasteiger partial charge on any atom is -0.483 e. The lowest BCUT2D eigenvalue weighted by Crippen LogP contribution is -2.44. The lowest BCUT2D eigenvalue weighted by atomic mass is 10.0. The summed E-state index contributed by atoms with van der Waals surface area (Å²) in [5.74, 6) is -3.01. The number of hydrogen-bond acceptors (Lipinski definition) is 3. The molecule has 2 amide bonds. The van der Waals surface area contributed by atoms with Crippen LogP contribution in [-0.4, -0.2) is 18.4 Å². The molecule has 0 heterocycles. The number of hydrazine groups is 1. The Balaban J connectivity index is 1.94. The van der Waals surface area contributed by atoms with E-state index in [1.165, 1.54) is 0 Å². The molecule has 0 atom stereocenters. The summed E-state index contributed by atoms with van der Waals surface area (Å²) < 4.78 is 32.5. The number of aryl methyl sites for hydroxylation is 1. The summed E-state index contributed by atoms with van der Waals surface area (Å²) in [6.07, 6.45) is 0. The second kappa shape index (κ2) is 8.42. The maximum Gasteiger partial charge on any atom is 0.276 e. The highest BCUT2D eigenvalue weighted by molar-refractivity contribution is 5.95. The van der Waals surface area contributed by atoms with Crippen molar-refractivity contribution in [2.75, 3.05) is 6.61 Å². The van der Waals surface area contributed by atoms with E-state index >= 15 is 0 Å². The molecule has 26 heavy (non-hydrogen) atoms. The SMILES string of the molecule is Cc1ccc(C(C)C)c(OCC(=O)NNC(=O)c2c(F)cccc2F)c1. The van der Waals surface area contributed by atoms with Crippen molar-refractivity contribution in [3.8, 4) is 5.75 Å². The van der Waals surface area contributed by atoms with Gasteiger partial charge in [0.2, 0.25) is 0 Å². The highest BCUT2D eigenvalue weighted by atomic mass is 19.1. The number of amides is 2. The third-order valence-electron chi connectivity index (χ3n) is 3.66. The van der Waals surface area contributed by atoms with Gasteiger partial charge < -0.3 is 4.74 Å². The molecular weight excluding hydrogens is 342 g/mol. The van der Waals surface area contributed by atoms with E-state index in [0.717, 1.165) is 29.3 Å². The predicted octanol–water partition coefficient (Wildman–Crippen LogP) is 3.24. The quantitative estimate of drug-likeness (QED) is 0.803. The molecule has 2 rings (SSSR count). The van der Waals surface area contributed by atoms with Crippen LogP contribution in [0, 0.1) is 18.6 Å². The smallest absolute Gasteiger partial charge is 0.276 e. The minimum atomic E-state index is -1.09. The monoisotopic (exact) mass is 362 g/mol. The van der Waals surface area contributed by atoms with E-state index in [9.17, 15) is 18.4 Å². The van der Waals surface area contributed by atoms with Crippen LogP contribution in [0.5, 0.6) is 5.75 Å². The van der Waals surface area contributed by atoms with E-state index < -0.39 is 29.0 Å². The van der Waals surface area contributed by atoms with Gasteiger partial charge in [-0.05, 0) is 42.2 Å². The lowest BCUT2D eigenvalue weighted by Gasteiger charge is -2.15. The van der Waals surface area contributed by atoms with Crippen molar-refractivity contribution < 1.29 is 23.1 Å². The van der Waals surface area contributed by atoms with E-state index in [-0.39, 0.29) is 12.5 Å². The third-order valence-corrected chi connectivity index (χ3v) is 3.66. The molecule has 0 aliphatic rings. The zero-order valence-corrected chi connectivity index (χ0v) is 14.7. The maximum absolute atomic E-state index is 13.5. The van der Waals surface area contributed by atoms with Gasteiger partial charge in [0.25, 0.3) is 11.8 Å². The molecule has 0 unspecified atom stereocenters. The Kier molecular flexibility index (Phi) is 6.27. The molecule has 5 nitrogen and oxygen atoms in total. The van der Waals surface area contributed by atoms with Gasteiger partial charge in [-0.15, -0.1) is 0 Å². The summed E-state index contributed by atoms with van der Waals surface area (Å²) in [4.78, 5) is 23.7. The number of rotatable bonds is 5. The molecule has 0 spiro atoms. The molecule has 0 bridgehead atoms. The van der Waals surface area contributed by atoms with Crippen molar-refractivity contribution in [3.63, 3.8) is 0 Å². The van der Waals surface area contributed by atoms with Crippen LogP contribution in [0.15, 0.2) is 36.4 Å². The highest BCUT2D eigenvalue weighted by Gasteiger charge is 2.17. The minimum absolute atomic E-state index is 0.206. The number of halogens is 2. The number of carbonyl (C=O) groups is 2. The lowest BCUT2D eigenvalue weighted by molar-refractivity contribution is -0.123. The first-order valence-electron chi connectivity index (χ1n) is 8.06. The number of nitrogens with one attached hydrogen (secondary N) is 2. The fourth-order valence-electron chi connectivity index (χ4n) is 2.33. The molecule has 7 heteroatoms. The molecular formula is C19H20F2N2O3. The summed E-state index contributed by atoms with van der Waals surface area (Å²) in [5.41, 5.74) is 5.20. The van der Waals surface area contributed by atoms with E-state index in [1.807, 2.05) is 44.4 Å². The molecule has 2 N–H and O–H groups in total. The predicted molar refractivity (Wildman–Crippen MR) is 92.7 cm³/mol. The first-order chi connectivity index (χ1) is 12.3. The van der Waals surface area contributed by atoms with Crippen LogP contribution in [0.2, 0.25) is 0 Å². The fraction of sp³-hybridized carbons (Fsp3) is 0.263. The van der Waals surface area contributed by atoms with E-state index in [1.54, 1.807) is 0 Å². The van der Waals surface area contributed by atoms with Crippen molar-refractivity contribution in [1.82, 2.24) is 10.9 Å². The third kappa shape index (κ3) is 4.78. The molecule has 0 saturated heterocycles. The molecule has 138 valence electrons. The molecule has 2 aromatic rings. The van der Waals surface area contributed by atoms with Crippen LogP contribution in [-0.2, 0) is 4.79 Å². The largest absolute Gasteiger partial charge is 0.483 e. The van der Waals surface area contributed by atoms with Gasteiger partial charge in [-0.2, -0.15) is 0 Å². The Bertz CT molecular complexity index is 802. The van der Waals surface area contributed by atoms with Gasteiger partial charge >= 0.3 is 0 Å². The summed E-state index contributed by atoms with van der Waals surface area (Å²) >= 11 is 0. The average molecular weight is 362 g/mol. The van der Waals surface area contributed by atoms with Crippen molar-refractivity contribution in [1.29, 1.82) is 0 Å². The van der Waals surface area contributed by atoms with Gasteiger partial charge in [0.1, 0.15) is 22.9 Å². The molecule has 2 aromatic carbocycles. The topological polar surface area (TPSA) is 67.4 Å². The van der Waals surface area contributed by atoms with Gasteiger partial charge in [-0.3, -0.25) is 20.4 Å². The number of benzene rings is 2. The molecule has 0 saturated carbocycles. The Morgan fingerprint density at radius 3 is 2.35 bits per heavy atom. The van der Waals surface area contributed by atoms with E-state index in [4.69, 9.17) is 4.74 Å². The number of hydrogen-bond donors (Lipinski definition) is 2. The van der Waals surface area contributed by atoms with Crippen molar-refractivity contribution in [2.45, 2.75) is 26.7 Å². The highest BCUT2D eigenvalue weighted by Crippen LogP contribution is 2.27. The van der Waals surface area contributed by atoms with Crippen LogP contribution in [0.3, 0.4) is 0 Å². The Labute approximate surface area is 150 Å². The van der Waals surface area contributed by atoms with Gasteiger partial charge in [-0.1, -0.05) is 32.0 Å². The molecule has 0 radical (unpaired) electrons. The van der Waals surface area contributed by atoms with Gasteiger partial charge in [0, 0.05) is 0 Å². The van der Waals surface area contributed by atoms with Crippen molar-refractivity contribution in [2.24, 2.45) is 0 Å². The van der Waals surface area contributed by atoms with Crippen LogP contribution >= 0.6 is 0 Å². The molecule has 0 fully saturated rings. The molecule has 0 aliphatic carbocycles. The van der Waals surface area contributed by atoms with E-state index in [0.29, 0.717) is 5.75 Å². The Hall–Kier alpha value is -2.96. The first-order valence-corrected chi connectivity index (χ1v) is 8.06. The summed E-state index contributed by atoms with van der Waals surface area (Å²) in [7, 11) is 0. The van der Waals surface area contributed by atoms with Crippen molar-refractivity contribution in [3.05, 3.63) is 64.7 Å². The van der Waals surface area contributed by atoms with Crippen LogP contribution in [0.4, 0.5) is 8.78 Å². The normalized spacial score (nSPS) is 10.5. The van der Waals surface area contributed by atoms with Crippen LogP contribution in [0.1, 0.15) is 41.3 Å². The van der Waals surface area contributed by atoms with Crippen LogP contribution < -0.4 is 15.6 Å². The van der Waals surface area contributed by atoms with E-state index in [2.05, 4.69) is 5.43 Å². The first kappa shape index (κ1) is 19.4. The Morgan fingerprint density at radius 1 is 1.08 bits per heavy atom. The summed E-state index contributed by atoms with van der Waals surface area (Å²) in [6, 6.07) is 8.74. The maximum atomic E-state index is 13.5. The fourth-order valence-corrected chi connectivity index (χ4v) is 2.33. The average Bonchev–Trinajstić information content (AvgIpc) is 2.57. The molecule has 0 aromatic heterocycles. The number of carbonyl (C=O) groups excluding carboxylic acids is 2. The second-order valence-electron chi connectivity index (χ2n) is 6.08. The molecule has 0 aliphatic heterocycles. The van der Waals surface area contributed by atoms with Crippen molar-refractivity contribution >= 4 is 11.8 Å². The Morgan fingerprint density at radius 2 is 1.73 bits per heavy atom. The van der Waals surface area contributed by atoms with Gasteiger partial charge in [-0.25, -0.2) is 8.78 Å². The zero-order valence-electron chi connectivity index (χ0n) is 14.7. The van der Waals surface area contributed by atoms with Gasteiger partial charge in [0.15, 0.2) is 6.61 Å². The number of ether oxygens (including phenoxy) is 1. The standard InChI is InChI=1S/C19H20F2N2O3/c1-11(2)13-8-7-12(3)9-16(13)26-10-17(24)22-23-19(25)18-14(20)5-4-6-15(18)21/h4-9,11H,10H2,1-3H3,(H,22,24)(H,23,25).